The Morgan fingerprint density at radius 2 is 1.95 bits per heavy atom. The maximum absolute atomic E-state index is 12.4. The monoisotopic (exact) mass is 322 g/mol. The van der Waals surface area contributed by atoms with Crippen molar-refractivity contribution in [1.29, 1.82) is 0 Å². The standard InChI is InChI=1S/C15H22N4O2S/c1-11-9-16-14(22-11)17-13(20)12-5-4-8-19(10-12)15(21)18-6-2-3-7-18/h9,12H,2-8,10H2,1H3,(H,16,17,20)/t12-/m0/s1. The predicted molar refractivity (Wildman–Crippen MR) is 86.0 cm³/mol. The van der Waals surface area contributed by atoms with E-state index in [0.29, 0.717) is 11.7 Å². The molecule has 1 aromatic rings. The number of aryl methyl sites for hydroxylation is 1. The van der Waals surface area contributed by atoms with E-state index in [1.165, 1.54) is 11.3 Å². The maximum Gasteiger partial charge on any atom is 0.320 e. The first-order chi connectivity index (χ1) is 10.6. The Balaban J connectivity index is 1.57. The number of urea groups is 1. The number of anilines is 1. The molecule has 120 valence electrons. The van der Waals surface area contributed by atoms with Gasteiger partial charge in [0.05, 0.1) is 5.92 Å². The van der Waals surface area contributed by atoms with Crippen LogP contribution in [0.4, 0.5) is 9.93 Å². The molecular formula is C15H22N4O2S. The molecule has 0 unspecified atom stereocenters. The van der Waals surface area contributed by atoms with Crippen molar-refractivity contribution in [2.45, 2.75) is 32.6 Å². The maximum atomic E-state index is 12.4. The molecule has 0 radical (unpaired) electrons. The fraction of sp³-hybridized carbons (Fsp3) is 0.667. The second-order valence-corrected chi connectivity index (χ2v) is 7.26. The van der Waals surface area contributed by atoms with Gasteiger partial charge in [-0.2, -0.15) is 0 Å². The number of thiazole rings is 1. The summed E-state index contributed by atoms with van der Waals surface area (Å²) >= 11 is 1.48. The zero-order valence-corrected chi connectivity index (χ0v) is 13.7. The number of likely N-dealkylation sites (tertiary alicyclic amines) is 2. The Morgan fingerprint density at radius 1 is 1.23 bits per heavy atom. The van der Waals surface area contributed by atoms with Crippen LogP contribution in [0.5, 0.6) is 0 Å². The van der Waals surface area contributed by atoms with Crippen LogP contribution in [0.25, 0.3) is 0 Å². The Labute approximate surface area is 134 Å². The highest BCUT2D eigenvalue weighted by molar-refractivity contribution is 7.15. The molecule has 0 bridgehead atoms. The fourth-order valence-electron chi connectivity index (χ4n) is 3.09. The van der Waals surface area contributed by atoms with E-state index in [1.807, 2.05) is 16.7 Å². The van der Waals surface area contributed by atoms with Crippen LogP contribution in [-0.2, 0) is 4.79 Å². The topological polar surface area (TPSA) is 65.5 Å². The van der Waals surface area contributed by atoms with Crippen LogP contribution in [0.3, 0.4) is 0 Å². The van der Waals surface area contributed by atoms with Crippen molar-refractivity contribution < 1.29 is 9.59 Å². The Bertz CT molecular complexity index is 553. The van der Waals surface area contributed by atoms with Gasteiger partial charge in [0.25, 0.3) is 0 Å². The zero-order valence-electron chi connectivity index (χ0n) is 12.9. The quantitative estimate of drug-likeness (QED) is 0.909. The van der Waals surface area contributed by atoms with Crippen molar-refractivity contribution in [3.8, 4) is 0 Å². The van der Waals surface area contributed by atoms with Gasteiger partial charge in [0, 0.05) is 37.3 Å². The second-order valence-electron chi connectivity index (χ2n) is 6.03. The van der Waals surface area contributed by atoms with Crippen LogP contribution < -0.4 is 5.32 Å². The van der Waals surface area contributed by atoms with Crippen LogP contribution in [0, 0.1) is 12.8 Å². The molecule has 2 aliphatic heterocycles. The molecule has 2 aliphatic rings. The number of hydrogen-bond donors (Lipinski definition) is 1. The first-order valence-corrected chi connectivity index (χ1v) is 8.72. The van der Waals surface area contributed by atoms with E-state index >= 15 is 0 Å². The van der Waals surface area contributed by atoms with E-state index < -0.39 is 0 Å². The first kappa shape index (κ1) is 15.3. The van der Waals surface area contributed by atoms with Gasteiger partial charge in [0.1, 0.15) is 0 Å². The number of carbonyl (C=O) groups is 2. The van der Waals surface area contributed by atoms with Crippen LogP contribution in [0.2, 0.25) is 0 Å². The Morgan fingerprint density at radius 3 is 2.64 bits per heavy atom. The molecule has 22 heavy (non-hydrogen) atoms. The summed E-state index contributed by atoms with van der Waals surface area (Å²) in [6, 6.07) is 0.0973. The van der Waals surface area contributed by atoms with Crippen molar-refractivity contribution >= 4 is 28.4 Å². The highest BCUT2D eigenvalue weighted by Crippen LogP contribution is 2.23. The number of nitrogens with one attached hydrogen (secondary N) is 1. The molecule has 6 nitrogen and oxygen atoms in total. The van der Waals surface area contributed by atoms with Gasteiger partial charge in [-0.05, 0) is 32.6 Å². The van der Waals surface area contributed by atoms with Crippen molar-refractivity contribution in [3.05, 3.63) is 11.1 Å². The van der Waals surface area contributed by atoms with Crippen molar-refractivity contribution in [1.82, 2.24) is 14.8 Å². The van der Waals surface area contributed by atoms with Crippen molar-refractivity contribution in [2.75, 3.05) is 31.5 Å². The van der Waals surface area contributed by atoms with Gasteiger partial charge >= 0.3 is 6.03 Å². The van der Waals surface area contributed by atoms with E-state index in [-0.39, 0.29) is 17.9 Å². The summed E-state index contributed by atoms with van der Waals surface area (Å²) in [5.74, 6) is -0.155. The molecule has 1 N–H and O–H groups in total. The number of aromatic nitrogens is 1. The third kappa shape index (κ3) is 3.40. The van der Waals surface area contributed by atoms with E-state index in [4.69, 9.17) is 0 Å². The lowest BCUT2D eigenvalue weighted by Crippen LogP contribution is -2.48. The molecule has 0 aromatic carbocycles. The van der Waals surface area contributed by atoms with E-state index in [2.05, 4.69) is 10.3 Å². The SMILES string of the molecule is Cc1cnc(NC(=O)[C@H]2CCCN(C(=O)N3CCCC3)C2)s1. The molecule has 1 aromatic heterocycles. The van der Waals surface area contributed by atoms with Crippen molar-refractivity contribution in [3.63, 3.8) is 0 Å². The minimum Gasteiger partial charge on any atom is -0.325 e. The number of nitrogens with zero attached hydrogens (tertiary/aromatic N) is 3. The summed E-state index contributed by atoms with van der Waals surface area (Å²) in [5.41, 5.74) is 0. The van der Waals surface area contributed by atoms with Gasteiger partial charge in [-0.25, -0.2) is 9.78 Å². The average Bonchev–Trinajstić information content (AvgIpc) is 3.18. The van der Waals surface area contributed by atoms with Gasteiger partial charge in [-0.1, -0.05) is 0 Å². The predicted octanol–water partition coefficient (Wildman–Crippen LogP) is 2.32. The number of rotatable bonds is 2. The highest BCUT2D eigenvalue weighted by Gasteiger charge is 2.31. The minimum absolute atomic E-state index is 0.0201. The van der Waals surface area contributed by atoms with Gasteiger partial charge < -0.3 is 15.1 Å². The highest BCUT2D eigenvalue weighted by atomic mass is 32.1. The summed E-state index contributed by atoms with van der Waals surface area (Å²) in [6.07, 6.45) is 5.65. The van der Waals surface area contributed by atoms with Gasteiger partial charge in [0.2, 0.25) is 5.91 Å². The van der Waals surface area contributed by atoms with E-state index in [0.717, 1.165) is 50.2 Å². The third-order valence-electron chi connectivity index (χ3n) is 4.29. The molecule has 7 heteroatoms. The minimum atomic E-state index is -0.135. The van der Waals surface area contributed by atoms with Crippen LogP contribution in [-0.4, -0.2) is 52.9 Å². The summed E-state index contributed by atoms with van der Waals surface area (Å²) in [5, 5.41) is 3.52. The molecular weight excluding hydrogens is 300 g/mol. The van der Waals surface area contributed by atoms with Crippen LogP contribution in [0.15, 0.2) is 6.20 Å². The third-order valence-corrected chi connectivity index (χ3v) is 5.12. The van der Waals surface area contributed by atoms with E-state index in [1.54, 1.807) is 6.20 Å². The van der Waals surface area contributed by atoms with Crippen molar-refractivity contribution in [2.24, 2.45) is 5.92 Å². The van der Waals surface area contributed by atoms with Crippen LogP contribution in [0.1, 0.15) is 30.6 Å². The van der Waals surface area contributed by atoms with Gasteiger partial charge in [-0.15, -0.1) is 11.3 Å². The molecule has 3 amide bonds. The number of amides is 3. The molecule has 3 rings (SSSR count). The number of piperidine rings is 1. The molecule has 0 spiro atoms. The number of carbonyl (C=O) groups excluding carboxylic acids is 2. The zero-order chi connectivity index (χ0) is 15.5. The summed E-state index contributed by atoms with van der Waals surface area (Å²) in [6.45, 7) is 4.94. The molecule has 0 aliphatic carbocycles. The smallest absolute Gasteiger partial charge is 0.320 e. The Hall–Kier alpha value is -1.63. The second kappa shape index (κ2) is 6.64. The normalized spacial score (nSPS) is 22.0. The molecule has 3 heterocycles. The van der Waals surface area contributed by atoms with Gasteiger partial charge in [-0.3, -0.25) is 4.79 Å². The van der Waals surface area contributed by atoms with Crippen LogP contribution >= 0.6 is 11.3 Å². The fourth-order valence-corrected chi connectivity index (χ4v) is 3.76. The number of hydrogen-bond acceptors (Lipinski definition) is 4. The first-order valence-electron chi connectivity index (χ1n) is 7.90. The lowest BCUT2D eigenvalue weighted by Gasteiger charge is -2.34. The molecule has 1 atom stereocenters. The molecule has 2 fully saturated rings. The molecule has 0 saturated carbocycles. The average molecular weight is 322 g/mol. The van der Waals surface area contributed by atoms with Gasteiger partial charge in [0.15, 0.2) is 5.13 Å². The molecule has 2 saturated heterocycles. The lowest BCUT2D eigenvalue weighted by atomic mass is 9.97. The lowest BCUT2D eigenvalue weighted by molar-refractivity contribution is -0.121. The summed E-state index contributed by atoms with van der Waals surface area (Å²) < 4.78 is 0. The summed E-state index contributed by atoms with van der Waals surface area (Å²) in [4.78, 5) is 33.8. The van der Waals surface area contributed by atoms with E-state index in [9.17, 15) is 9.59 Å². The largest absolute Gasteiger partial charge is 0.325 e. The Kier molecular flexibility index (Phi) is 4.61. The summed E-state index contributed by atoms with van der Waals surface area (Å²) in [7, 11) is 0.